The van der Waals surface area contributed by atoms with E-state index < -0.39 is 24.0 Å². The van der Waals surface area contributed by atoms with Crippen LogP contribution in [0.25, 0.3) is 0 Å². The SMILES string of the molecule is COC(=O)C[C@H](C(=O)O)[C@@H](C)OC. The Morgan fingerprint density at radius 3 is 2.23 bits per heavy atom. The van der Waals surface area contributed by atoms with Gasteiger partial charge in [-0.3, -0.25) is 9.59 Å². The molecule has 76 valence electrons. The van der Waals surface area contributed by atoms with E-state index in [1.54, 1.807) is 6.92 Å². The summed E-state index contributed by atoms with van der Waals surface area (Å²) in [6.45, 7) is 1.60. The van der Waals surface area contributed by atoms with Crippen LogP contribution < -0.4 is 0 Å². The monoisotopic (exact) mass is 190 g/mol. The molecule has 0 saturated heterocycles. The molecule has 2 atom stereocenters. The van der Waals surface area contributed by atoms with E-state index in [1.807, 2.05) is 0 Å². The van der Waals surface area contributed by atoms with Crippen LogP contribution in [0.5, 0.6) is 0 Å². The third-order valence-electron chi connectivity index (χ3n) is 1.87. The molecule has 0 aromatic carbocycles. The molecule has 0 aliphatic carbocycles. The van der Waals surface area contributed by atoms with Crippen LogP contribution in [0.3, 0.4) is 0 Å². The van der Waals surface area contributed by atoms with Gasteiger partial charge in [0.1, 0.15) is 0 Å². The van der Waals surface area contributed by atoms with Crippen LogP contribution in [0.2, 0.25) is 0 Å². The molecule has 0 rings (SSSR count). The quantitative estimate of drug-likeness (QED) is 0.630. The number of carbonyl (C=O) groups is 2. The van der Waals surface area contributed by atoms with E-state index in [0.29, 0.717) is 0 Å². The Morgan fingerprint density at radius 1 is 1.38 bits per heavy atom. The van der Waals surface area contributed by atoms with E-state index in [1.165, 1.54) is 14.2 Å². The van der Waals surface area contributed by atoms with Gasteiger partial charge in [0.2, 0.25) is 0 Å². The van der Waals surface area contributed by atoms with Gasteiger partial charge in [0.15, 0.2) is 0 Å². The maximum atomic E-state index is 10.8. The van der Waals surface area contributed by atoms with E-state index in [0.717, 1.165) is 0 Å². The van der Waals surface area contributed by atoms with Crippen molar-refractivity contribution in [3.63, 3.8) is 0 Å². The van der Waals surface area contributed by atoms with Crippen molar-refractivity contribution in [2.24, 2.45) is 5.92 Å². The average molecular weight is 190 g/mol. The summed E-state index contributed by atoms with van der Waals surface area (Å²) in [5.41, 5.74) is 0. The van der Waals surface area contributed by atoms with Crippen molar-refractivity contribution < 1.29 is 24.2 Å². The van der Waals surface area contributed by atoms with Crippen LogP contribution in [-0.2, 0) is 19.1 Å². The lowest BCUT2D eigenvalue weighted by atomic mass is 10.0. The van der Waals surface area contributed by atoms with Gasteiger partial charge in [0.25, 0.3) is 0 Å². The molecule has 0 spiro atoms. The summed E-state index contributed by atoms with van der Waals surface area (Å²) in [7, 11) is 2.62. The van der Waals surface area contributed by atoms with Gasteiger partial charge < -0.3 is 14.6 Å². The molecular formula is C8H14O5. The number of aliphatic carboxylic acids is 1. The Kier molecular flexibility index (Phi) is 5.06. The predicted octanol–water partition coefficient (Wildman–Crippen LogP) is 0.285. The minimum Gasteiger partial charge on any atom is -0.481 e. The van der Waals surface area contributed by atoms with Crippen LogP contribution in [0, 0.1) is 5.92 Å². The van der Waals surface area contributed by atoms with Crippen molar-refractivity contribution >= 4 is 11.9 Å². The molecule has 1 N–H and O–H groups in total. The van der Waals surface area contributed by atoms with Gasteiger partial charge in [0.05, 0.1) is 25.6 Å². The first-order valence-corrected chi connectivity index (χ1v) is 3.85. The van der Waals surface area contributed by atoms with Gasteiger partial charge in [-0.15, -0.1) is 0 Å². The second kappa shape index (κ2) is 5.53. The molecule has 0 aliphatic rings. The summed E-state index contributed by atoms with van der Waals surface area (Å²) in [4.78, 5) is 21.5. The maximum Gasteiger partial charge on any atom is 0.309 e. The van der Waals surface area contributed by atoms with E-state index in [-0.39, 0.29) is 6.42 Å². The molecule has 0 heterocycles. The lowest BCUT2D eigenvalue weighted by Crippen LogP contribution is -2.30. The molecule has 13 heavy (non-hydrogen) atoms. The highest BCUT2D eigenvalue weighted by molar-refractivity contribution is 5.79. The first-order valence-electron chi connectivity index (χ1n) is 3.85. The highest BCUT2D eigenvalue weighted by atomic mass is 16.5. The zero-order valence-corrected chi connectivity index (χ0v) is 7.94. The van der Waals surface area contributed by atoms with Crippen LogP contribution in [0.4, 0.5) is 0 Å². The molecule has 0 bridgehead atoms. The third kappa shape index (κ3) is 3.89. The van der Waals surface area contributed by atoms with E-state index in [9.17, 15) is 9.59 Å². The van der Waals surface area contributed by atoms with E-state index in [2.05, 4.69) is 4.74 Å². The molecule has 5 nitrogen and oxygen atoms in total. The number of ether oxygens (including phenoxy) is 2. The zero-order valence-electron chi connectivity index (χ0n) is 7.94. The number of hydrogen-bond acceptors (Lipinski definition) is 4. The Bertz CT molecular complexity index is 189. The van der Waals surface area contributed by atoms with Crippen LogP contribution in [0.15, 0.2) is 0 Å². The largest absolute Gasteiger partial charge is 0.481 e. The molecule has 5 heteroatoms. The lowest BCUT2D eigenvalue weighted by Gasteiger charge is -2.17. The Morgan fingerprint density at radius 2 is 1.92 bits per heavy atom. The summed E-state index contributed by atoms with van der Waals surface area (Å²) in [5.74, 6) is -2.45. The molecular weight excluding hydrogens is 176 g/mol. The van der Waals surface area contributed by atoms with Crippen LogP contribution in [-0.4, -0.2) is 37.4 Å². The normalized spacial score (nSPS) is 14.7. The molecule has 0 unspecified atom stereocenters. The van der Waals surface area contributed by atoms with E-state index in [4.69, 9.17) is 9.84 Å². The van der Waals surface area contributed by atoms with Gasteiger partial charge in [-0.25, -0.2) is 0 Å². The number of hydrogen-bond donors (Lipinski definition) is 1. The molecule has 0 aliphatic heterocycles. The average Bonchev–Trinajstić information content (AvgIpc) is 2.11. The number of esters is 1. The highest BCUT2D eigenvalue weighted by Crippen LogP contribution is 2.12. The summed E-state index contributed by atoms with van der Waals surface area (Å²) >= 11 is 0. The minimum atomic E-state index is -1.06. The molecule has 0 saturated carbocycles. The fourth-order valence-electron chi connectivity index (χ4n) is 0.881. The zero-order chi connectivity index (χ0) is 10.4. The van der Waals surface area contributed by atoms with E-state index >= 15 is 0 Å². The summed E-state index contributed by atoms with van der Waals surface area (Å²) in [6.07, 6.45) is -0.669. The topological polar surface area (TPSA) is 72.8 Å². The smallest absolute Gasteiger partial charge is 0.309 e. The van der Waals surface area contributed by atoms with Crippen molar-refractivity contribution in [1.29, 1.82) is 0 Å². The van der Waals surface area contributed by atoms with Crippen molar-refractivity contribution in [3.8, 4) is 0 Å². The molecule has 0 aromatic rings. The summed E-state index contributed by atoms with van der Waals surface area (Å²) in [6, 6.07) is 0. The molecule has 0 amide bonds. The lowest BCUT2D eigenvalue weighted by molar-refractivity contribution is -0.154. The first kappa shape index (κ1) is 11.9. The number of rotatable bonds is 5. The Balaban J connectivity index is 4.26. The minimum absolute atomic E-state index is 0.166. The van der Waals surface area contributed by atoms with Crippen LogP contribution >= 0.6 is 0 Å². The number of carboxylic acids is 1. The molecule has 0 radical (unpaired) electrons. The Hall–Kier alpha value is -1.10. The molecule has 0 aromatic heterocycles. The van der Waals surface area contributed by atoms with Crippen molar-refractivity contribution in [3.05, 3.63) is 0 Å². The van der Waals surface area contributed by atoms with Crippen LogP contribution in [0.1, 0.15) is 13.3 Å². The van der Waals surface area contributed by atoms with Gasteiger partial charge >= 0.3 is 11.9 Å². The maximum absolute atomic E-state index is 10.8. The Labute approximate surface area is 76.6 Å². The predicted molar refractivity (Wildman–Crippen MR) is 44.2 cm³/mol. The third-order valence-corrected chi connectivity index (χ3v) is 1.87. The fraction of sp³-hybridized carbons (Fsp3) is 0.750. The van der Waals surface area contributed by atoms with Crippen molar-refractivity contribution in [2.75, 3.05) is 14.2 Å². The highest BCUT2D eigenvalue weighted by Gasteiger charge is 2.27. The standard InChI is InChI=1S/C8H14O5/c1-5(12-2)6(8(10)11)4-7(9)13-3/h5-6H,4H2,1-3H3,(H,10,11)/t5-,6+/m1/s1. The number of carbonyl (C=O) groups excluding carboxylic acids is 1. The fourth-order valence-corrected chi connectivity index (χ4v) is 0.881. The summed E-state index contributed by atoms with van der Waals surface area (Å²) in [5, 5.41) is 8.73. The van der Waals surface area contributed by atoms with Gasteiger partial charge in [-0.1, -0.05) is 0 Å². The van der Waals surface area contributed by atoms with Gasteiger partial charge in [0, 0.05) is 7.11 Å². The number of carboxylic acid groups (broad SMARTS) is 1. The number of methoxy groups -OCH3 is 2. The van der Waals surface area contributed by atoms with Crippen molar-refractivity contribution in [2.45, 2.75) is 19.4 Å². The molecule has 0 fully saturated rings. The summed E-state index contributed by atoms with van der Waals surface area (Å²) < 4.78 is 9.20. The first-order chi connectivity index (χ1) is 6.02. The van der Waals surface area contributed by atoms with Gasteiger partial charge in [-0.05, 0) is 6.92 Å². The second-order valence-corrected chi connectivity index (χ2v) is 2.67. The van der Waals surface area contributed by atoms with Gasteiger partial charge in [-0.2, -0.15) is 0 Å². The van der Waals surface area contributed by atoms with Crippen molar-refractivity contribution in [1.82, 2.24) is 0 Å². The second-order valence-electron chi connectivity index (χ2n) is 2.67.